The zero-order valence-corrected chi connectivity index (χ0v) is 7.62. The second-order valence-electron chi connectivity index (χ2n) is 2.62. The normalized spacial score (nSPS) is 11.9. The van der Waals surface area contributed by atoms with Crippen LogP contribution in [0.15, 0.2) is 0 Å². The maximum Gasteiger partial charge on any atom is 0.319 e. The molecule has 0 saturated heterocycles. The van der Waals surface area contributed by atoms with Crippen molar-refractivity contribution < 1.29 is 22.4 Å². The van der Waals surface area contributed by atoms with Gasteiger partial charge in [0, 0.05) is 6.54 Å². The second kappa shape index (κ2) is 5.79. The van der Waals surface area contributed by atoms with Gasteiger partial charge in [-0.15, -0.1) is 0 Å². The first-order chi connectivity index (χ1) is 6.40. The van der Waals surface area contributed by atoms with Gasteiger partial charge in [-0.25, -0.2) is 8.78 Å². The van der Waals surface area contributed by atoms with Crippen molar-refractivity contribution in [2.75, 3.05) is 19.6 Å². The van der Waals surface area contributed by atoms with E-state index in [2.05, 4.69) is 5.32 Å². The zero-order chi connectivity index (χ0) is 11.2. The Morgan fingerprint density at radius 1 is 1.43 bits per heavy atom. The highest BCUT2D eigenvalue weighted by Gasteiger charge is 2.40. The van der Waals surface area contributed by atoms with E-state index < -0.39 is 31.3 Å². The van der Waals surface area contributed by atoms with Gasteiger partial charge in [0.05, 0.1) is 13.1 Å². The van der Waals surface area contributed by atoms with Crippen LogP contribution in [0.2, 0.25) is 0 Å². The molecule has 1 amide bonds. The Kier molecular flexibility index (Phi) is 5.44. The van der Waals surface area contributed by atoms with Crippen LogP contribution in [-0.4, -0.2) is 37.9 Å². The molecule has 0 fully saturated rings. The highest BCUT2D eigenvalue weighted by molar-refractivity contribution is 5.77. The van der Waals surface area contributed by atoms with Crippen LogP contribution in [0.3, 0.4) is 0 Å². The molecule has 0 aliphatic heterocycles. The predicted octanol–water partition coefficient (Wildman–Crippen LogP) is 0.612. The number of carbonyl (C=O) groups is 1. The highest BCUT2D eigenvalue weighted by atomic mass is 19.3. The third-order valence-corrected chi connectivity index (χ3v) is 1.34. The number of hydrogen-bond donors (Lipinski definition) is 2. The monoisotopic (exact) mass is 216 g/mol. The molecule has 84 valence electrons. The lowest BCUT2D eigenvalue weighted by Crippen LogP contribution is -2.43. The van der Waals surface area contributed by atoms with Crippen molar-refractivity contribution >= 4 is 5.91 Å². The Bertz CT molecular complexity index is 187. The second-order valence-corrected chi connectivity index (χ2v) is 2.62. The Labute approximate surface area is 78.9 Å². The fourth-order valence-corrected chi connectivity index (χ4v) is 0.680. The molecule has 0 aliphatic carbocycles. The first kappa shape index (κ1) is 13.2. The van der Waals surface area contributed by atoms with E-state index in [0.29, 0.717) is 6.54 Å². The molecule has 0 aliphatic rings. The summed E-state index contributed by atoms with van der Waals surface area (Å²) in [4.78, 5) is 10.7. The van der Waals surface area contributed by atoms with E-state index >= 15 is 0 Å². The minimum Gasteiger partial charge on any atom is -0.355 e. The molecule has 0 aromatic heterocycles. The van der Waals surface area contributed by atoms with Crippen molar-refractivity contribution in [1.29, 1.82) is 0 Å². The van der Waals surface area contributed by atoms with Crippen LogP contribution < -0.4 is 10.6 Å². The van der Waals surface area contributed by atoms with Gasteiger partial charge < -0.3 is 10.6 Å². The highest BCUT2D eigenvalue weighted by Crippen LogP contribution is 2.21. The SMILES string of the molecule is CCNC(=O)CNCC(F)(F)C(F)F. The number of carbonyl (C=O) groups excluding carboxylic acids is 1. The third-order valence-electron chi connectivity index (χ3n) is 1.34. The molecule has 0 aromatic rings. The van der Waals surface area contributed by atoms with Crippen LogP contribution in [0.4, 0.5) is 17.6 Å². The smallest absolute Gasteiger partial charge is 0.319 e. The Morgan fingerprint density at radius 2 is 2.00 bits per heavy atom. The molecule has 0 atom stereocenters. The maximum absolute atomic E-state index is 12.2. The molecular weight excluding hydrogens is 204 g/mol. The van der Waals surface area contributed by atoms with Gasteiger partial charge in [0.2, 0.25) is 5.91 Å². The van der Waals surface area contributed by atoms with Gasteiger partial charge in [-0.1, -0.05) is 0 Å². The van der Waals surface area contributed by atoms with Crippen molar-refractivity contribution in [3.63, 3.8) is 0 Å². The van der Waals surface area contributed by atoms with Crippen molar-refractivity contribution in [3.8, 4) is 0 Å². The number of hydrogen-bond acceptors (Lipinski definition) is 2. The Morgan fingerprint density at radius 3 is 2.43 bits per heavy atom. The molecule has 0 spiro atoms. The number of nitrogens with one attached hydrogen (secondary N) is 2. The first-order valence-corrected chi connectivity index (χ1v) is 4.03. The molecule has 0 bridgehead atoms. The lowest BCUT2D eigenvalue weighted by Gasteiger charge is -2.15. The summed E-state index contributed by atoms with van der Waals surface area (Å²) in [6.07, 6.45) is -3.72. The van der Waals surface area contributed by atoms with Crippen molar-refractivity contribution in [2.45, 2.75) is 19.3 Å². The van der Waals surface area contributed by atoms with Crippen molar-refractivity contribution in [3.05, 3.63) is 0 Å². The van der Waals surface area contributed by atoms with Gasteiger partial charge in [-0.2, -0.15) is 8.78 Å². The quantitative estimate of drug-likeness (QED) is 0.639. The van der Waals surface area contributed by atoms with E-state index in [1.54, 1.807) is 6.92 Å². The summed E-state index contributed by atoms with van der Waals surface area (Å²) in [5.41, 5.74) is 0. The molecule has 3 nitrogen and oxygen atoms in total. The minimum absolute atomic E-state index is 0.367. The van der Waals surface area contributed by atoms with Crippen LogP contribution in [0, 0.1) is 0 Å². The molecule has 14 heavy (non-hydrogen) atoms. The molecule has 0 aromatic carbocycles. The lowest BCUT2D eigenvalue weighted by atomic mass is 10.3. The van der Waals surface area contributed by atoms with Crippen LogP contribution in [0.1, 0.15) is 6.92 Å². The van der Waals surface area contributed by atoms with E-state index in [9.17, 15) is 22.4 Å². The predicted molar refractivity (Wildman–Crippen MR) is 42.5 cm³/mol. The summed E-state index contributed by atoms with van der Waals surface area (Å²) in [6.45, 7) is 0.426. The van der Waals surface area contributed by atoms with E-state index in [1.807, 2.05) is 5.32 Å². The van der Waals surface area contributed by atoms with E-state index in [4.69, 9.17) is 0 Å². The number of halogens is 4. The standard InChI is InChI=1S/C7H12F4N2O/c1-2-13-5(14)3-12-4-7(10,11)6(8)9/h6,12H,2-4H2,1H3,(H,13,14). The number of amides is 1. The van der Waals surface area contributed by atoms with Crippen molar-refractivity contribution in [2.24, 2.45) is 0 Å². The summed E-state index contributed by atoms with van der Waals surface area (Å²) in [5, 5.41) is 4.28. The van der Waals surface area contributed by atoms with Gasteiger partial charge in [0.15, 0.2) is 0 Å². The van der Waals surface area contributed by atoms with Crippen LogP contribution in [0.25, 0.3) is 0 Å². The summed E-state index contributed by atoms with van der Waals surface area (Å²) in [5.74, 6) is -4.59. The van der Waals surface area contributed by atoms with Gasteiger partial charge in [0.1, 0.15) is 0 Å². The lowest BCUT2D eigenvalue weighted by molar-refractivity contribution is -0.128. The number of alkyl halides is 4. The van der Waals surface area contributed by atoms with Crippen LogP contribution in [-0.2, 0) is 4.79 Å². The van der Waals surface area contributed by atoms with Gasteiger partial charge in [-0.05, 0) is 6.92 Å². The average Bonchev–Trinajstić information content (AvgIpc) is 2.04. The number of likely N-dealkylation sites (N-methyl/N-ethyl adjacent to an activating group) is 1. The Hall–Kier alpha value is -0.850. The third kappa shape index (κ3) is 5.00. The summed E-state index contributed by atoms with van der Waals surface area (Å²) in [6, 6.07) is 0. The fourth-order valence-electron chi connectivity index (χ4n) is 0.680. The molecule has 0 radical (unpaired) electrons. The minimum atomic E-state index is -4.09. The molecule has 7 heteroatoms. The van der Waals surface area contributed by atoms with Gasteiger partial charge in [0.25, 0.3) is 0 Å². The topological polar surface area (TPSA) is 41.1 Å². The van der Waals surface area contributed by atoms with Gasteiger partial charge >= 0.3 is 12.3 Å². The van der Waals surface area contributed by atoms with Gasteiger partial charge in [-0.3, -0.25) is 4.79 Å². The molecule has 0 heterocycles. The molecule has 0 unspecified atom stereocenters. The summed E-state index contributed by atoms with van der Waals surface area (Å²) in [7, 11) is 0. The molecule has 0 saturated carbocycles. The molecular formula is C7H12F4N2O. The van der Waals surface area contributed by atoms with Crippen LogP contribution >= 0.6 is 0 Å². The van der Waals surface area contributed by atoms with E-state index in [0.717, 1.165) is 0 Å². The zero-order valence-electron chi connectivity index (χ0n) is 7.62. The van der Waals surface area contributed by atoms with Crippen LogP contribution in [0.5, 0.6) is 0 Å². The average molecular weight is 216 g/mol. The van der Waals surface area contributed by atoms with E-state index in [-0.39, 0.29) is 0 Å². The largest absolute Gasteiger partial charge is 0.355 e. The number of rotatable bonds is 6. The summed E-state index contributed by atoms with van der Waals surface area (Å²) < 4.78 is 47.7. The molecule has 2 N–H and O–H groups in total. The molecule has 0 rings (SSSR count). The Balaban J connectivity index is 3.68. The summed E-state index contributed by atoms with van der Waals surface area (Å²) >= 11 is 0. The van der Waals surface area contributed by atoms with Crippen molar-refractivity contribution in [1.82, 2.24) is 10.6 Å². The first-order valence-electron chi connectivity index (χ1n) is 4.03. The van der Waals surface area contributed by atoms with E-state index in [1.165, 1.54) is 0 Å². The fraction of sp³-hybridized carbons (Fsp3) is 0.857. The maximum atomic E-state index is 12.2.